The van der Waals surface area contributed by atoms with E-state index in [0.717, 1.165) is 0 Å². The summed E-state index contributed by atoms with van der Waals surface area (Å²) in [5.74, 6) is -1.15. The summed E-state index contributed by atoms with van der Waals surface area (Å²) in [5, 5.41) is 10.1. The molecule has 1 atom stereocenters. The first-order valence-electron chi connectivity index (χ1n) is 2.50. The lowest BCUT2D eigenvalue weighted by molar-refractivity contribution is -0.137. The zero-order valence-electron chi connectivity index (χ0n) is 5.03. The van der Waals surface area contributed by atoms with Crippen molar-refractivity contribution >= 4 is 18.7 Å². The van der Waals surface area contributed by atoms with Gasteiger partial charge >= 0.3 is 5.97 Å². The number of carbonyl (C=O) groups is 2. The predicted molar refractivity (Wildman–Crippen MR) is 30.9 cm³/mol. The molecule has 0 aromatic rings. The molecular weight excluding hydrogens is 138 g/mol. The minimum Gasteiger partial charge on any atom is -0.481 e. The third-order valence-corrected chi connectivity index (χ3v) is 0.790. The Labute approximate surface area is 57.0 Å². The Balaban J connectivity index is 3.70. The smallest absolute Gasteiger partial charge is 0.305 e. The van der Waals surface area contributed by atoms with Crippen LogP contribution in [0.25, 0.3) is 0 Å². The van der Waals surface area contributed by atoms with E-state index in [1.165, 1.54) is 6.29 Å². The Hall–Kier alpha value is -1.39. The van der Waals surface area contributed by atoms with Crippen LogP contribution in [-0.4, -0.2) is 29.8 Å². The minimum absolute atomic E-state index is 0.262. The summed E-state index contributed by atoms with van der Waals surface area (Å²) < 4.78 is 0. The lowest BCUT2D eigenvalue weighted by Gasteiger charge is -2.01. The molecule has 0 heterocycles. The van der Waals surface area contributed by atoms with Crippen molar-refractivity contribution in [1.29, 1.82) is 0 Å². The fraction of sp³-hybridized carbons (Fsp3) is 0.400. The molecule has 0 rings (SSSR count). The number of hydrogen-bond acceptors (Lipinski definition) is 3. The fourth-order valence-electron chi connectivity index (χ4n) is 0.391. The van der Waals surface area contributed by atoms with Gasteiger partial charge in [-0.1, -0.05) is 0 Å². The first-order chi connectivity index (χ1) is 4.70. The zero-order valence-corrected chi connectivity index (χ0v) is 5.03. The highest BCUT2D eigenvalue weighted by atomic mass is 16.4. The first-order valence-corrected chi connectivity index (χ1v) is 2.50. The average Bonchev–Trinajstić information content (AvgIpc) is 1.86. The SMILES string of the molecule is O=[C][C@H](CC(=O)O)NC=O. The largest absolute Gasteiger partial charge is 0.481 e. The highest BCUT2D eigenvalue weighted by Crippen LogP contribution is 1.85. The normalized spacial score (nSPS) is 11.6. The lowest BCUT2D eigenvalue weighted by atomic mass is 10.2. The maximum absolute atomic E-state index is 9.91. The molecule has 0 saturated heterocycles. The summed E-state index contributed by atoms with van der Waals surface area (Å²) in [4.78, 5) is 29.4. The van der Waals surface area contributed by atoms with Crippen LogP contribution in [0.4, 0.5) is 0 Å². The van der Waals surface area contributed by atoms with Crippen LogP contribution in [0.3, 0.4) is 0 Å². The second-order valence-electron chi connectivity index (χ2n) is 1.55. The summed E-state index contributed by atoms with van der Waals surface area (Å²) in [5.41, 5.74) is 0. The first kappa shape index (κ1) is 8.61. The highest BCUT2D eigenvalue weighted by Gasteiger charge is 2.10. The van der Waals surface area contributed by atoms with Crippen molar-refractivity contribution < 1.29 is 19.5 Å². The number of aliphatic carboxylic acids is 1. The van der Waals surface area contributed by atoms with Crippen LogP contribution in [-0.2, 0) is 14.4 Å². The predicted octanol–water partition coefficient (Wildman–Crippen LogP) is -1.31. The summed E-state index contributed by atoms with van der Waals surface area (Å²) in [6.45, 7) is 0. The Kier molecular flexibility index (Phi) is 3.86. The molecule has 10 heavy (non-hydrogen) atoms. The summed E-state index contributed by atoms with van der Waals surface area (Å²) in [6.07, 6.45) is 1.20. The maximum Gasteiger partial charge on any atom is 0.305 e. The van der Waals surface area contributed by atoms with Crippen LogP contribution in [0.1, 0.15) is 6.42 Å². The van der Waals surface area contributed by atoms with Gasteiger partial charge in [0, 0.05) is 0 Å². The molecule has 0 aliphatic rings. The van der Waals surface area contributed by atoms with Crippen LogP contribution in [0.15, 0.2) is 0 Å². The van der Waals surface area contributed by atoms with E-state index in [2.05, 4.69) is 0 Å². The maximum atomic E-state index is 9.91. The fourth-order valence-corrected chi connectivity index (χ4v) is 0.391. The lowest BCUT2D eigenvalue weighted by Crippen LogP contribution is -2.31. The third kappa shape index (κ3) is 3.59. The molecule has 0 fully saturated rings. The van der Waals surface area contributed by atoms with Crippen molar-refractivity contribution in [2.24, 2.45) is 0 Å². The molecule has 2 N–H and O–H groups in total. The van der Waals surface area contributed by atoms with Gasteiger partial charge in [0.15, 0.2) is 0 Å². The van der Waals surface area contributed by atoms with Gasteiger partial charge in [-0.2, -0.15) is 0 Å². The molecule has 0 spiro atoms. The van der Waals surface area contributed by atoms with Crippen molar-refractivity contribution in [3.05, 3.63) is 0 Å². The number of carboxylic acid groups (broad SMARTS) is 1. The Morgan fingerprint density at radius 3 is 2.70 bits per heavy atom. The van der Waals surface area contributed by atoms with Gasteiger partial charge in [-0.15, -0.1) is 0 Å². The van der Waals surface area contributed by atoms with Crippen LogP contribution < -0.4 is 5.32 Å². The van der Waals surface area contributed by atoms with E-state index in [1.54, 1.807) is 0 Å². The van der Waals surface area contributed by atoms with Gasteiger partial charge in [0.25, 0.3) is 0 Å². The van der Waals surface area contributed by atoms with Crippen LogP contribution in [0.2, 0.25) is 0 Å². The monoisotopic (exact) mass is 144 g/mol. The van der Waals surface area contributed by atoms with Crippen molar-refractivity contribution in [3.63, 3.8) is 0 Å². The van der Waals surface area contributed by atoms with E-state index in [4.69, 9.17) is 5.11 Å². The van der Waals surface area contributed by atoms with Crippen molar-refractivity contribution in [1.82, 2.24) is 5.32 Å². The number of rotatable bonds is 5. The zero-order chi connectivity index (χ0) is 7.98. The molecule has 1 amide bonds. The van der Waals surface area contributed by atoms with E-state index in [9.17, 15) is 14.4 Å². The van der Waals surface area contributed by atoms with Gasteiger partial charge < -0.3 is 10.4 Å². The van der Waals surface area contributed by atoms with E-state index < -0.39 is 18.4 Å². The van der Waals surface area contributed by atoms with E-state index >= 15 is 0 Å². The topological polar surface area (TPSA) is 83.5 Å². The molecule has 0 bridgehead atoms. The summed E-state index contributed by atoms with van der Waals surface area (Å²) in [7, 11) is 0. The number of amides is 1. The molecule has 1 radical (unpaired) electrons. The molecule has 0 aliphatic carbocycles. The number of carboxylic acids is 1. The average molecular weight is 144 g/mol. The molecule has 0 aliphatic heterocycles. The van der Waals surface area contributed by atoms with Crippen LogP contribution >= 0.6 is 0 Å². The molecule has 5 heteroatoms. The van der Waals surface area contributed by atoms with Gasteiger partial charge in [0.05, 0.1) is 6.42 Å². The van der Waals surface area contributed by atoms with Gasteiger partial charge in [-0.25, -0.2) is 0 Å². The van der Waals surface area contributed by atoms with Crippen molar-refractivity contribution in [2.45, 2.75) is 12.5 Å². The summed E-state index contributed by atoms with van der Waals surface area (Å²) >= 11 is 0. The Morgan fingerprint density at radius 1 is 1.80 bits per heavy atom. The van der Waals surface area contributed by atoms with E-state index in [-0.39, 0.29) is 6.41 Å². The van der Waals surface area contributed by atoms with E-state index in [0.29, 0.717) is 0 Å². The number of hydrogen-bond donors (Lipinski definition) is 2. The second-order valence-corrected chi connectivity index (χ2v) is 1.55. The quantitative estimate of drug-likeness (QED) is 0.469. The molecule has 0 aromatic carbocycles. The standard InChI is InChI=1S/C5H6NO4/c7-2-4(6-3-8)1-5(9)10/h3-4H,1H2,(H,6,8)(H,9,10)/t4-/m0/s1. The van der Waals surface area contributed by atoms with Gasteiger partial charge in [0.1, 0.15) is 6.04 Å². The molecular formula is C5H6NO4. The minimum atomic E-state index is -1.15. The van der Waals surface area contributed by atoms with Crippen molar-refractivity contribution in [2.75, 3.05) is 0 Å². The molecule has 0 aromatic heterocycles. The molecule has 55 valence electrons. The van der Waals surface area contributed by atoms with Gasteiger partial charge in [-0.05, 0) is 0 Å². The summed E-state index contributed by atoms with van der Waals surface area (Å²) in [6, 6.07) is -1.03. The van der Waals surface area contributed by atoms with Gasteiger partial charge in [0.2, 0.25) is 12.7 Å². The van der Waals surface area contributed by atoms with Crippen LogP contribution in [0, 0.1) is 0 Å². The highest BCUT2D eigenvalue weighted by molar-refractivity contribution is 5.75. The Morgan fingerprint density at radius 2 is 2.40 bits per heavy atom. The Bertz CT molecular complexity index is 145. The van der Waals surface area contributed by atoms with Gasteiger partial charge in [-0.3, -0.25) is 14.4 Å². The molecule has 0 saturated carbocycles. The van der Waals surface area contributed by atoms with Crippen LogP contribution in [0.5, 0.6) is 0 Å². The number of carbonyl (C=O) groups excluding carboxylic acids is 2. The second kappa shape index (κ2) is 4.49. The van der Waals surface area contributed by atoms with Crippen molar-refractivity contribution in [3.8, 4) is 0 Å². The third-order valence-electron chi connectivity index (χ3n) is 0.790. The molecule has 0 unspecified atom stereocenters. The molecule has 5 nitrogen and oxygen atoms in total. The number of nitrogens with one attached hydrogen (secondary N) is 1. The van der Waals surface area contributed by atoms with E-state index in [1.807, 2.05) is 5.32 Å².